The van der Waals surface area contributed by atoms with Crippen LogP contribution in [0.3, 0.4) is 0 Å². The third-order valence-corrected chi connectivity index (χ3v) is 3.36. The third-order valence-electron chi connectivity index (χ3n) is 3.36. The predicted molar refractivity (Wildman–Crippen MR) is 87.8 cm³/mol. The molecule has 0 spiro atoms. The molecule has 1 aromatic carbocycles. The highest BCUT2D eigenvalue weighted by Gasteiger charge is 2.23. The first-order valence-corrected chi connectivity index (χ1v) is 7.41. The Morgan fingerprint density at radius 2 is 2.09 bits per heavy atom. The normalized spacial score (nSPS) is 15.9. The summed E-state index contributed by atoms with van der Waals surface area (Å²) >= 11 is 0. The molecular weight excluding hydrogens is 296 g/mol. The molecule has 2 heterocycles. The van der Waals surface area contributed by atoms with Crippen molar-refractivity contribution in [2.45, 2.75) is 13.0 Å². The molecule has 122 valence electrons. The summed E-state index contributed by atoms with van der Waals surface area (Å²) in [5.74, 6) is 2.62. The lowest BCUT2D eigenvalue weighted by Crippen LogP contribution is -2.06. The van der Waals surface area contributed by atoms with Crippen LogP contribution in [0.2, 0.25) is 0 Å². The molecule has 0 saturated carbocycles. The van der Waals surface area contributed by atoms with Crippen LogP contribution in [0.25, 0.3) is 0 Å². The molecule has 1 aliphatic rings. The van der Waals surface area contributed by atoms with E-state index in [1.54, 1.807) is 7.11 Å². The number of aryl methyl sites for hydroxylation is 1. The molecule has 7 heteroatoms. The number of hydrogen-bond acceptors (Lipinski definition) is 7. The zero-order valence-electron chi connectivity index (χ0n) is 13.4. The van der Waals surface area contributed by atoms with Gasteiger partial charge in [-0.25, -0.2) is 4.98 Å². The number of rotatable bonds is 7. The van der Waals surface area contributed by atoms with Crippen molar-refractivity contribution in [3.63, 3.8) is 0 Å². The summed E-state index contributed by atoms with van der Waals surface area (Å²) in [5.41, 5.74) is 1.70. The van der Waals surface area contributed by atoms with E-state index < -0.39 is 0 Å². The van der Waals surface area contributed by atoms with Crippen molar-refractivity contribution in [3.8, 4) is 11.5 Å². The lowest BCUT2D eigenvalue weighted by Gasteiger charge is -2.13. The Hall–Kier alpha value is -2.54. The summed E-state index contributed by atoms with van der Waals surface area (Å²) in [6, 6.07) is 7.49. The van der Waals surface area contributed by atoms with Crippen molar-refractivity contribution in [1.82, 2.24) is 9.97 Å². The lowest BCUT2D eigenvalue weighted by molar-refractivity contribution is 0.252. The maximum Gasteiger partial charge on any atom is 0.229 e. The molecule has 2 N–H and O–H groups in total. The highest BCUT2D eigenvalue weighted by molar-refractivity contribution is 5.60. The van der Waals surface area contributed by atoms with Crippen LogP contribution in [0.4, 0.5) is 17.5 Å². The average Bonchev–Trinajstić information content (AvgIpc) is 3.37. The first kappa shape index (κ1) is 15.4. The summed E-state index contributed by atoms with van der Waals surface area (Å²) in [6.45, 7) is 3.20. The van der Waals surface area contributed by atoms with Gasteiger partial charge in [0.2, 0.25) is 5.95 Å². The van der Waals surface area contributed by atoms with Crippen LogP contribution in [0.15, 0.2) is 24.3 Å². The fourth-order valence-corrected chi connectivity index (χ4v) is 2.10. The highest BCUT2D eigenvalue weighted by Crippen LogP contribution is 2.32. The fraction of sp³-hybridized carbons (Fsp3) is 0.375. The minimum Gasteiger partial charge on any atom is -0.493 e. The molecule has 3 rings (SSSR count). The number of aromatic nitrogens is 2. The second-order valence-electron chi connectivity index (χ2n) is 5.23. The lowest BCUT2D eigenvalue weighted by atomic mass is 10.2. The first-order chi connectivity index (χ1) is 11.2. The van der Waals surface area contributed by atoms with Gasteiger partial charge < -0.3 is 24.8 Å². The topological polar surface area (TPSA) is 80.8 Å². The molecule has 0 radical (unpaired) electrons. The van der Waals surface area contributed by atoms with Gasteiger partial charge >= 0.3 is 0 Å². The average molecular weight is 316 g/mol. The molecule has 1 atom stereocenters. The number of epoxide rings is 1. The van der Waals surface area contributed by atoms with E-state index in [-0.39, 0.29) is 6.10 Å². The van der Waals surface area contributed by atoms with Gasteiger partial charge in [0, 0.05) is 30.6 Å². The maximum atomic E-state index is 5.76. The molecule has 0 amide bonds. The van der Waals surface area contributed by atoms with E-state index >= 15 is 0 Å². The van der Waals surface area contributed by atoms with Crippen LogP contribution in [-0.4, -0.2) is 43.4 Å². The van der Waals surface area contributed by atoms with E-state index in [9.17, 15) is 0 Å². The van der Waals surface area contributed by atoms with Gasteiger partial charge in [0.25, 0.3) is 0 Å². The fourth-order valence-electron chi connectivity index (χ4n) is 2.10. The number of hydrogen-bond donors (Lipinski definition) is 2. The van der Waals surface area contributed by atoms with Gasteiger partial charge in [-0.1, -0.05) is 0 Å². The Morgan fingerprint density at radius 3 is 2.78 bits per heavy atom. The molecular formula is C16H20N4O3. The van der Waals surface area contributed by atoms with Crippen molar-refractivity contribution in [3.05, 3.63) is 30.0 Å². The number of nitrogens with zero attached hydrogens (tertiary/aromatic N) is 2. The summed E-state index contributed by atoms with van der Waals surface area (Å²) < 4.78 is 16.2. The predicted octanol–water partition coefficient (Wildman–Crippen LogP) is 2.36. The van der Waals surface area contributed by atoms with Crippen molar-refractivity contribution in [1.29, 1.82) is 0 Å². The zero-order chi connectivity index (χ0) is 16.2. The Bertz CT molecular complexity index is 689. The Morgan fingerprint density at radius 1 is 1.26 bits per heavy atom. The quantitative estimate of drug-likeness (QED) is 0.759. The van der Waals surface area contributed by atoms with Gasteiger partial charge in [-0.3, -0.25) is 0 Å². The van der Waals surface area contributed by atoms with Gasteiger partial charge in [0.05, 0.1) is 13.7 Å². The van der Waals surface area contributed by atoms with Crippen molar-refractivity contribution < 1.29 is 14.2 Å². The van der Waals surface area contributed by atoms with Crippen LogP contribution >= 0.6 is 0 Å². The summed E-state index contributed by atoms with van der Waals surface area (Å²) in [7, 11) is 3.44. The maximum absolute atomic E-state index is 5.76. The van der Waals surface area contributed by atoms with E-state index in [2.05, 4.69) is 20.6 Å². The van der Waals surface area contributed by atoms with Gasteiger partial charge in [0.1, 0.15) is 18.5 Å². The van der Waals surface area contributed by atoms with Crippen molar-refractivity contribution in [2.75, 3.05) is 38.0 Å². The van der Waals surface area contributed by atoms with Crippen molar-refractivity contribution >= 4 is 17.5 Å². The Labute approximate surface area is 135 Å². The molecule has 23 heavy (non-hydrogen) atoms. The number of anilines is 3. The standard InChI is InChI=1S/C16H20N4O3/c1-10-6-15(17-2)20-16(18-10)19-11-4-5-13(21-3)14(7-11)23-9-12-8-22-12/h4-7,12H,8-9H2,1-3H3,(H2,17,18,19,20)/t12-/m0/s1. The van der Waals surface area contributed by atoms with E-state index in [4.69, 9.17) is 14.2 Å². The second-order valence-corrected chi connectivity index (χ2v) is 5.23. The molecule has 0 aliphatic carbocycles. The van der Waals surface area contributed by atoms with Gasteiger partial charge in [-0.2, -0.15) is 4.98 Å². The molecule has 7 nitrogen and oxygen atoms in total. The summed E-state index contributed by atoms with van der Waals surface area (Å²) in [5, 5.41) is 6.20. The zero-order valence-corrected chi connectivity index (χ0v) is 13.4. The van der Waals surface area contributed by atoms with Crippen LogP contribution in [-0.2, 0) is 4.74 Å². The Balaban J connectivity index is 1.78. The van der Waals surface area contributed by atoms with E-state index in [0.29, 0.717) is 24.1 Å². The van der Waals surface area contributed by atoms with Gasteiger partial charge in [0.15, 0.2) is 11.5 Å². The molecule has 2 aromatic rings. The summed E-state index contributed by atoms with van der Waals surface area (Å²) in [4.78, 5) is 8.76. The SMILES string of the molecule is CNc1cc(C)nc(Nc2ccc(OC)c(OC[C@@H]3CO3)c2)n1. The van der Waals surface area contributed by atoms with Crippen molar-refractivity contribution in [2.24, 2.45) is 0 Å². The largest absolute Gasteiger partial charge is 0.493 e. The highest BCUT2D eigenvalue weighted by atomic mass is 16.6. The smallest absolute Gasteiger partial charge is 0.229 e. The molecule has 1 aliphatic heterocycles. The Kier molecular flexibility index (Phi) is 4.47. The molecule has 1 saturated heterocycles. The molecule has 1 aromatic heterocycles. The third kappa shape index (κ3) is 4.01. The van der Waals surface area contributed by atoms with Crippen LogP contribution < -0.4 is 20.1 Å². The van der Waals surface area contributed by atoms with E-state index in [1.165, 1.54) is 0 Å². The summed E-state index contributed by atoms with van der Waals surface area (Å²) in [6.07, 6.45) is 0.189. The number of ether oxygens (including phenoxy) is 3. The molecule has 1 fully saturated rings. The second kappa shape index (κ2) is 6.70. The van der Waals surface area contributed by atoms with Gasteiger partial charge in [-0.05, 0) is 19.1 Å². The minimum atomic E-state index is 0.189. The number of benzene rings is 1. The van der Waals surface area contributed by atoms with Crippen LogP contribution in [0, 0.1) is 6.92 Å². The van der Waals surface area contributed by atoms with E-state index in [1.807, 2.05) is 38.2 Å². The van der Waals surface area contributed by atoms with Gasteiger partial charge in [-0.15, -0.1) is 0 Å². The first-order valence-electron chi connectivity index (χ1n) is 7.41. The van der Waals surface area contributed by atoms with Crippen LogP contribution in [0.5, 0.6) is 11.5 Å². The minimum absolute atomic E-state index is 0.189. The molecule has 0 bridgehead atoms. The number of methoxy groups -OCH3 is 1. The number of nitrogens with one attached hydrogen (secondary N) is 2. The molecule has 0 unspecified atom stereocenters. The van der Waals surface area contributed by atoms with Crippen LogP contribution in [0.1, 0.15) is 5.69 Å². The van der Waals surface area contributed by atoms with E-state index in [0.717, 1.165) is 23.8 Å². The monoisotopic (exact) mass is 316 g/mol.